The number of alkyl halides is 3. The summed E-state index contributed by atoms with van der Waals surface area (Å²) in [4.78, 5) is 45.2. The highest BCUT2D eigenvalue weighted by molar-refractivity contribution is 7.92. The quantitative estimate of drug-likeness (QED) is 0.561. The summed E-state index contributed by atoms with van der Waals surface area (Å²) in [6, 6.07) is 5.94. The number of aromatic nitrogens is 1. The van der Waals surface area contributed by atoms with Crippen molar-refractivity contribution in [3.63, 3.8) is 0 Å². The summed E-state index contributed by atoms with van der Waals surface area (Å²) < 4.78 is 61.8. The van der Waals surface area contributed by atoms with Gasteiger partial charge in [0.05, 0.1) is 16.6 Å². The molecule has 1 N–H and O–H groups in total. The molecule has 0 spiro atoms. The molecule has 2 aliphatic heterocycles. The molecule has 4 amide bonds. The van der Waals surface area contributed by atoms with Crippen molar-refractivity contribution in [3.05, 3.63) is 48.2 Å². The Morgan fingerprint density at radius 3 is 2.32 bits per heavy atom. The molecular weight excluding hydrogens is 515 g/mol. The molecule has 2 aromatic rings. The molecule has 198 valence electrons. The van der Waals surface area contributed by atoms with Crippen LogP contribution >= 0.6 is 0 Å². The van der Waals surface area contributed by atoms with E-state index in [9.17, 15) is 36.0 Å². The number of hydrogen-bond donors (Lipinski definition) is 1. The third kappa shape index (κ3) is 4.72. The van der Waals surface area contributed by atoms with Gasteiger partial charge >= 0.3 is 11.5 Å². The Kier molecular flexibility index (Phi) is 6.42. The van der Waals surface area contributed by atoms with E-state index < -0.39 is 37.7 Å². The van der Waals surface area contributed by atoms with Crippen LogP contribution in [-0.2, 0) is 26.0 Å². The van der Waals surface area contributed by atoms with Crippen LogP contribution in [0.4, 0.5) is 29.5 Å². The third-order valence-electron chi connectivity index (χ3n) is 6.39. The number of hydrogen-bond acceptors (Lipinski definition) is 7. The minimum atomic E-state index is -5.57. The average molecular weight is 540 g/mol. The van der Waals surface area contributed by atoms with Crippen molar-refractivity contribution in [2.24, 2.45) is 0 Å². The van der Waals surface area contributed by atoms with Gasteiger partial charge in [0.25, 0.3) is 15.7 Å². The van der Waals surface area contributed by atoms with Crippen LogP contribution in [0.3, 0.4) is 0 Å². The van der Waals surface area contributed by atoms with Crippen LogP contribution < -0.4 is 10.2 Å². The zero-order chi connectivity index (χ0) is 27.3. The molecule has 14 heteroatoms. The van der Waals surface area contributed by atoms with Gasteiger partial charge in [0.15, 0.2) is 0 Å². The molecular formula is C23H24F3N5O5S. The van der Waals surface area contributed by atoms with Crippen molar-refractivity contribution >= 4 is 39.2 Å². The lowest BCUT2D eigenvalue weighted by molar-refractivity contribution is -0.126. The summed E-state index contributed by atoms with van der Waals surface area (Å²) in [6.45, 7) is 3.62. The van der Waals surface area contributed by atoms with Gasteiger partial charge in [-0.1, -0.05) is 0 Å². The number of halogens is 3. The molecule has 0 radical (unpaired) electrons. The monoisotopic (exact) mass is 539 g/mol. The van der Waals surface area contributed by atoms with Crippen molar-refractivity contribution in [1.29, 1.82) is 0 Å². The fraction of sp³-hybridized carbons (Fsp3) is 0.391. The number of imide groups is 1. The first-order chi connectivity index (χ1) is 17.1. The van der Waals surface area contributed by atoms with E-state index in [4.69, 9.17) is 0 Å². The molecule has 3 heterocycles. The zero-order valence-electron chi connectivity index (χ0n) is 20.1. The zero-order valence-corrected chi connectivity index (χ0v) is 20.9. The molecule has 4 rings (SSSR count). The van der Waals surface area contributed by atoms with E-state index in [-0.39, 0.29) is 24.2 Å². The van der Waals surface area contributed by atoms with Crippen LogP contribution in [0, 0.1) is 0 Å². The van der Waals surface area contributed by atoms with Crippen molar-refractivity contribution in [1.82, 2.24) is 14.8 Å². The highest BCUT2D eigenvalue weighted by atomic mass is 32.2. The second kappa shape index (κ2) is 9.01. The normalized spacial score (nSPS) is 20.2. The van der Waals surface area contributed by atoms with Gasteiger partial charge in [-0.3, -0.25) is 9.59 Å². The molecule has 0 aliphatic carbocycles. The Morgan fingerprint density at radius 1 is 1.11 bits per heavy atom. The predicted molar refractivity (Wildman–Crippen MR) is 126 cm³/mol. The number of carbonyl (C=O) groups is 3. The highest BCUT2D eigenvalue weighted by Crippen LogP contribution is 2.35. The van der Waals surface area contributed by atoms with Crippen molar-refractivity contribution < 1.29 is 36.0 Å². The summed E-state index contributed by atoms with van der Waals surface area (Å²) in [5.41, 5.74) is -6.18. The number of pyridine rings is 1. The van der Waals surface area contributed by atoms with Gasteiger partial charge in [0.1, 0.15) is 11.4 Å². The standard InChI is InChI=1S/C23H24F3N5O5S/c1-22(2)20(33)31(16-4-6-17(7-5-16)37(35,36)23(24,25)26)21(34)30(22)12-14-8-9-27-18(10-14)28-15-11-19(32)29(3)13-15/h4-10,15H,11-13H2,1-3H3,(H,27,28)/t15-/m0/s1. The second-order valence-electron chi connectivity index (χ2n) is 9.38. The minimum Gasteiger partial charge on any atom is -0.365 e. The Balaban J connectivity index is 1.54. The molecule has 0 saturated carbocycles. The lowest BCUT2D eigenvalue weighted by Crippen LogP contribution is -2.43. The number of nitrogens with zero attached hydrogens (tertiary/aromatic N) is 4. The average Bonchev–Trinajstić information content (AvgIpc) is 3.20. The van der Waals surface area contributed by atoms with E-state index in [1.54, 1.807) is 24.1 Å². The largest absolute Gasteiger partial charge is 0.501 e. The number of anilines is 2. The molecule has 2 fully saturated rings. The maximum Gasteiger partial charge on any atom is 0.501 e. The van der Waals surface area contributed by atoms with Gasteiger partial charge in [-0.15, -0.1) is 0 Å². The summed E-state index contributed by atoms with van der Waals surface area (Å²) in [6.07, 6.45) is 1.86. The molecule has 1 aromatic heterocycles. The second-order valence-corrected chi connectivity index (χ2v) is 11.3. The topological polar surface area (TPSA) is 120 Å². The van der Waals surface area contributed by atoms with E-state index in [2.05, 4.69) is 10.3 Å². The van der Waals surface area contributed by atoms with Crippen LogP contribution in [-0.4, -0.2) is 71.7 Å². The number of carbonyl (C=O) groups excluding carboxylic acids is 3. The Bertz CT molecular complexity index is 1360. The molecule has 1 atom stereocenters. The highest BCUT2D eigenvalue weighted by Gasteiger charge is 2.52. The van der Waals surface area contributed by atoms with Crippen LogP contribution in [0.25, 0.3) is 0 Å². The van der Waals surface area contributed by atoms with E-state index in [1.807, 2.05) is 0 Å². The predicted octanol–water partition coefficient (Wildman–Crippen LogP) is 2.77. The van der Waals surface area contributed by atoms with E-state index in [0.29, 0.717) is 36.5 Å². The molecule has 2 aliphatic rings. The number of likely N-dealkylation sites (tertiary alicyclic amines) is 1. The molecule has 37 heavy (non-hydrogen) atoms. The maximum atomic E-state index is 13.3. The Labute approximate surface area is 211 Å². The minimum absolute atomic E-state index is 0.0145. The lowest BCUT2D eigenvalue weighted by atomic mass is 10.0. The summed E-state index contributed by atoms with van der Waals surface area (Å²) >= 11 is 0. The SMILES string of the molecule is CN1C[C@@H](Nc2cc(CN3C(=O)N(c4ccc(S(=O)(=O)C(F)(F)F)cc4)C(=O)C3(C)C)ccn2)CC1=O. The number of urea groups is 1. The van der Waals surface area contributed by atoms with Crippen LogP contribution in [0.2, 0.25) is 0 Å². The van der Waals surface area contributed by atoms with Crippen LogP contribution in [0.1, 0.15) is 25.8 Å². The maximum absolute atomic E-state index is 13.3. The van der Waals surface area contributed by atoms with Gasteiger partial charge in [-0.25, -0.2) is 23.1 Å². The van der Waals surface area contributed by atoms with Gasteiger partial charge in [-0.05, 0) is 55.8 Å². The number of benzene rings is 1. The number of likely N-dealkylation sites (N-methyl/N-ethyl adjacent to an activating group) is 1. The van der Waals surface area contributed by atoms with Gasteiger partial charge in [-0.2, -0.15) is 13.2 Å². The lowest BCUT2D eigenvalue weighted by Gasteiger charge is -2.28. The van der Waals surface area contributed by atoms with Crippen LogP contribution in [0.5, 0.6) is 0 Å². The molecule has 10 nitrogen and oxygen atoms in total. The van der Waals surface area contributed by atoms with Gasteiger partial charge in [0.2, 0.25) is 5.91 Å². The molecule has 2 saturated heterocycles. The van der Waals surface area contributed by atoms with Crippen molar-refractivity contribution in [2.75, 3.05) is 23.8 Å². The Morgan fingerprint density at radius 2 is 1.76 bits per heavy atom. The number of amides is 4. The summed E-state index contributed by atoms with van der Waals surface area (Å²) in [5, 5.41) is 3.19. The van der Waals surface area contributed by atoms with E-state index >= 15 is 0 Å². The number of rotatable bonds is 6. The van der Waals surface area contributed by atoms with Crippen molar-refractivity contribution in [2.45, 2.75) is 48.8 Å². The third-order valence-corrected chi connectivity index (χ3v) is 7.89. The van der Waals surface area contributed by atoms with Gasteiger partial charge < -0.3 is 15.1 Å². The summed E-state index contributed by atoms with van der Waals surface area (Å²) in [5.74, 6) is -0.107. The van der Waals surface area contributed by atoms with Crippen LogP contribution in [0.15, 0.2) is 47.5 Å². The smallest absolute Gasteiger partial charge is 0.365 e. The fourth-order valence-electron chi connectivity index (χ4n) is 4.24. The Hall–Kier alpha value is -3.68. The fourth-order valence-corrected chi connectivity index (χ4v) is 5.00. The summed E-state index contributed by atoms with van der Waals surface area (Å²) in [7, 11) is -3.86. The first kappa shape index (κ1) is 26.4. The first-order valence-electron chi connectivity index (χ1n) is 11.2. The first-order valence-corrected chi connectivity index (χ1v) is 12.6. The van der Waals surface area contributed by atoms with E-state index in [1.165, 1.54) is 24.9 Å². The molecule has 1 aromatic carbocycles. The number of nitrogens with one attached hydrogen (secondary N) is 1. The van der Waals surface area contributed by atoms with E-state index in [0.717, 1.165) is 17.0 Å². The molecule has 0 bridgehead atoms. The number of sulfone groups is 1. The molecule has 0 unspecified atom stereocenters. The van der Waals surface area contributed by atoms with Crippen molar-refractivity contribution in [3.8, 4) is 0 Å². The van der Waals surface area contributed by atoms with Gasteiger partial charge in [0, 0.05) is 32.8 Å².